The van der Waals surface area contributed by atoms with Gasteiger partial charge in [-0.2, -0.15) is 0 Å². The second-order valence-corrected chi connectivity index (χ2v) is 4.84. The Hall–Kier alpha value is -1.98. The first kappa shape index (κ1) is 15.4. The second kappa shape index (κ2) is 7.15. The predicted octanol–water partition coefficient (Wildman–Crippen LogP) is 3.35. The summed E-state index contributed by atoms with van der Waals surface area (Å²) in [5.41, 5.74) is 1.20. The molecule has 21 heavy (non-hydrogen) atoms. The van der Waals surface area contributed by atoms with Crippen LogP contribution in [0.25, 0.3) is 0 Å². The van der Waals surface area contributed by atoms with Gasteiger partial charge in [0.1, 0.15) is 0 Å². The lowest BCUT2D eigenvalue weighted by Gasteiger charge is -2.07. The Morgan fingerprint density at radius 2 is 1.76 bits per heavy atom. The molecule has 2 rings (SSSR count). The number of carbonyl (C=O) groups excluding carboxylic acids is 1. The minimum Gasteiger partial charge on any atom is -0.325 e. The summed E-state index contributed by atoms with van der Waals surface area (Å²) >= 11 is 5.74. The SMILES string of the molecule is O=C(CNCc1ccc(F)c(F)c1)Nc1ccc(Cl)cc1. The van der Waals surface area contributed by atoms with Crippen LogP contribution >= 0.6 is 11.6 Å². The van der Waals surface area contributed by atoms with Gasteiger partial charge in [-0.3, -0.25) is 4.79 Å². The van der Waals surface area contributed by atoms with Crippen molar-refractivity contribution in [2.75, 3.05) is 11.9 Å². The van der Waals surface area contributed by atoms with Crippen LogP contribution < -0.4 is 10.6 Å². The van der Waals surface area contributed by atoms with Gasteiger partial charge < -0.3 is 10.6 Å². The molecule has 2 aromatic rings. The van der Waals surface area contributed by atoms with Gasteiger partial charge in [-0.25, -0.2) is 8.78 Å². The number of hydrogen-bond donors (Lipinski definition) is 2. The van der Waals surface area contributed by atoms with Crippen LogP contribution in [-0.2, 0) is 11.3 Å². The number of benzene rings is 2. The Labute approximate surface area is 125 Å². The van der Waals surface area contributed by atoms with Crippen LogP contribution in [0.15, 0.2) is 42.5 Å². The molecule has 0 aromatic heterocycles. The molecule has 6 heteroatoms. The number of hydrogen-bond acceptors (Lipinski definition) is 2. The fourth-order valence-electron chi connectivity index (χ4n) is 1.71. The van der Waals surface area contributed by atoms with E-state index >= 15 is 0 Å². The van der Waals surface area contributed by atoms with Gasteiger partial charge >= 0.3 is 0 Å². The number of nitrogens with one attached hydrogen (secondary N) is 2. The van der Waals surface area contributed by atoms with Crippen molar-refractivity contribution in [3.8, 4) is 0 Å². The van der Waals surface area contributed by atoms with Crippen LogP contribution in [0, 0.1) is 11.6 Å². The van der Waals surface area contributed by atoms with Crippen LogP contribution in [0.1, 0.15) is 5.56 Å². The van der Waals surface area contributed by atoms with Gasteiger partial charge in [0.05, 0.1) is 6.54 Å². The molecule has 0 bridgehead atoms. The molecule has 2 N–H and O–H groups in total. The van der Waals surface area contributed by atoms with E-state index in [0.717, 1.165) is 12.1 Å². The molecule has 0 heterocycles. The van der Waals surface area contributed by atoms with E-state index in [-0.39, 0.29) is 19.0 Å². The normalized spacial score (nSPS) is 10.4. The molecule has 3 nitrogen and oxygen atoms in total. The Kier molecular flexibility index (Phi) is 5.25. The van der Waals surface area contributed by atoms with E-state index in [9.17, 15) is 13.6 Å². The average molecular weight is 311 g/mol. The number of carbonyl (C=O) groups is 1. The number of halogens is 3. The molecule has 0 saturated carbocycles. The highest BCUT2D eigenvalue weighted by Crippen LogP contribution is 2.13. The van der Waals surface area contributed by atoms with Gasteiger partial charge in [0.25, 0.3) is 0 Å². The zero-order valence-corrected chi connectivity index (χ0v) is 11.8. The van der Waals surface area contributed by atoms with Crippen LogP contribution in [-0.4, -0.2) is 12.5 Å². The van der Waals surface area contributed by atoms with Crippen molar-refractivity contribution < 1.29 is 13.6 Å². The predicted molar refractivity (Wildman–Crippen MR) is 78.1 cm³/mol. The van der Waals surface area contributed by atoms with E-state index in [1.807, 2.05) is 0 Å². The van der Waals surface area contributed by atoms with Crippen molar-refractivity contribution in [3.05, 3.63) is 64.7 Å². The van der Waals surface area contributed by atoms with Gasteiger partial charge in [0.2, 0.25) is 5.91 Å². The van der Waals surface area contributed by atoms with Crippen molar-refractivity contribution in [1.29, 1.82) is 0 Å². The molecule has 0 fully saturated rings. The first-order chi connectivity index (χ1) is 10.0. The maximum atomic E-state index is 13.0. The Balaban J connectivity index is 1.78. The monoisotopic (exact) mass is 310 g/mol. The average Bonchev–Trinajstić information content (AvgIpc) is 2.45. The largest absolute Gasteiger partial charge is 0.325 e. The topological polar surface area (TPSA) is 41.1 Å². The van der Waals surface area contributed by atoms with Gasteiger partial charge in [-0.15, -0.1) is 0 Å². The van der Waals surface area contributed by atoms with Gasteiger partial charge in [-0.1, -0.05) is 17.7 Å². The summed E-state index contributed by atoms with van der Waals surface area (Å²) < 4.78 is 25.7. The van der Waals surface area contributed by atoms with Crippen LogP contribution in [0.5, 0.6) is 0 Å². The smallest absolute Gasteiger partial charge is 0.238 e. The summed E-state index contributed by atoms with van der Waals surface area (Å²) in [7, 11) is 0. The number of rotatable bonds is 5. The highest BCUT2D eigenvalue weighted by atomic mass is 35.5. The summed E-state index contributed by atoms with van der Waals surface area (Å²) in [5.74, 6) is -2.03. The Bertz CT molecular complexity index is 632. The molecule has 1 amide bonds. The summed E-state index contributed by atoms with van der Waals surface area (Å²) in [4.78, 5) is 11.7. The maximum Gasteiger partial charge on any atom is 0.238 e. The summed E-state index contributed by atoms with van der Waals surface area (Å²) in [6.07, 6.45) is 0. The zero-order chi connectivity index (χ0) is 15.2. The van der Waals surface area contributed by atoms with Gasteiger partial charge in [0.15, 0.2) is 11.6 Å². The van der Waals surface area contributed by atoms with E-state index < -0.39 is 11.6 Å². The molecule has 0 aliphatic carbocycles. The van der Waals surface area contributed by atoms with Gasteiger partial charge in [-0.05, 0) is 42.0 Å². The lowest BCUT2D eigenvalue weighted by Crippen LogP contribution is -2.27. The Morgan fingerprint density at radius 3 is 2.43 bits per heavy atom. The van der Waals surface area contributed by atoms with Crippen molar-refractivity contribution in [1.82, 2.24) is 5.32 Å². The van der Waals surface area contributed by atoms with Gasteiger partial charge in [0, 0.05) is 17.3 Å². The zero-order valence-electron chi connectivity index (χ0n) is 11.0. The first-order valence-electron chi connectivity index (χ1n) is 6.24. The van der Waals surface area contributed by atoms with Crippen molar-refractivity contribution >= 4 is 23.2 Å². The summed E-state index contributed by atoms with van der Waals surface area (Å²) in [6, 6.07) is 10.3. The third kappa shape index (κ3) is 4.81. The first-order valence-corrected chi connectivity index (χ1v) is 6.62. The molecule has 0 unspecified atom stereocenters. The van der Waals surface area contributed by atoms with Crippen molar-refractivity contribution in [2.24, 2.45) is 0 Å². The molecule has 0 aliphatic rings. The lowest BCUT2D eigenvalue weighted by molar-refractivity contribution is -0.115. The van der Waals surface area contributed by atoms with E-state index in [0.29, 0.717) is 16.3 Å². The molecule has 0 spiro atoms. The molecule has 2 aromatic carbocycles. The van der Waals surface area contributed by atoms with Crippen molar-refractivity contribution in [2.45, 2.75) is 6.54 Å². The number of anilines is 1. The van der Waals surface area contributed by atoms with E-state index in [1.54, 1.807) is 24.3 Å². The fraction of sp³-hybridized carbons (Fsp3) is 0.133. The van der Waals surface area contributed by atoms with Crippen LogP contribution in [0.2, 0.25) is 5.02 Å². The molecular weight excluding hydrogens is 298 g/mol. The van der Waals surface area contributed by atoms with Crippen molar-refractivity contribution in [3.63, 3.8) is 0 Å². The molecule has 0 atom stereocenters. The highest BCUT2D eigenvalue weighted by Gasteiger charge is 2.04. The second-order valence-electron chi connectivity index (χ2n) is 4.41. The highest BCUT2D eigenvalue weighted by molar-refractivity contribution is 6.30. The van der Waals surface area contributed by atoms with E-state index in [4.69, 9.17) is 11.6 Å². The maximum absolute atomic E-state index is 13.0. The van der Waals surface area contributed by atoms with Crippen LogP contribution in [0.3, 0.4) is 0 Å². The standard InChI is InChI=1S/C15H13ClF2N2O/c16-11-2-4-12(5-3-11)20-15(21)9-19-8-10-1-6-13(17)14(18)7-10/h1-7,19H,8-9H2,(H,20,21). The van der Waals surface area contributed by atoms with E-state index in [2.05, 4.69) is 10.6 Å². The lowest BCUT2D eigenvalue weighted by atomic mass is 10.2. The quantitative estimate of drug-likeness (QED) is 0.889. The molecule has 110 valence electrons. The third-order valence-corrected chi connectivity index (χ3v) is 2.98. The fourth-order valence-corrected chi connectivity index (χ4v) is 1.83. The molecular formula is C15H13ClF2N2O. The Morgan fingerprint density at radius 1 is 1.05 bits per heavy atom. The molecule has 0 aliphatic heterocycles. The minimum atomic E-state index is -0.903. The summed E-state index contributed by atoms with van der Waals surface area (Å²) in [6.45, 7) is 0.326. The third-order valence-electron chi connectivity index (χ3n) is 2.73. The minimum absolute atomic E-state index is 0.0572. The van der Waals surface area contributed by atoms with E-state index in [1.165, 1.54) is 6.07 Å². The molecule has 0 saturated heterocycles. The number of amides is 1. The molecule has 0 radical (unpaired) electrons. The van der Waals surface area contributed by atoms with Crippen LogP contribution in [0.4, 0.5) is 14.5 Å². The summed E-state index contributed by atoms with van der Waals surface area (Å²) in [5, 5.41) is 6.12.